The van der Waals surface area contributed by atoms with Gasteiger partial charge in [0.25, 0.3) is 0 Å². The van der Waals surface area contributed by atoms with E-state index in [0.717, 1.165) is 45.4 Å². The van der Waals surface area contributed by atoms with Gasteiger partial charge >= 0.3 is 0 Å². The largest absolute Gasteiger partial charge is 0.394 e. The van der Waals surface area contributed by atoms with Crippen molar-refractivity contribution >= 4 is 0 Å². The molecule has 1 saturated carbocycles. The number of ether oxygens (including phenoxy) is 1. The minimum Gasteiger partial charge on any atom is -0.394 e. The summed E-state index contributed by atoms with van der Waals surface area (Å²) in [7, 11) is 1.75. The van der Waals surface area contributed by atoms with Gasteiger partial charge in [0, 0.05) is 18.7 Å². The average Bonchev–Trinajstić information content (AvgIpc) is 2.73. The lowest BCUT2D eigenvalue weighted by Gasteiger charge is -2.33. The van der Waals surface area contributed by atoms with Crippen molar-refractivity contribution in [2.75, 3.05) is 33.4 Å². The summed E-state index contributed by atoms with van der Waals surface area (Å²) in [5.74, 6) is 0.464. The predicted octanol–water partition coefficient (Wildman–Crippen LogP) is 1.22. The first-order valence-electron chi connectivity index (χ1n) is 7.20. The molecular formula is C14H30N2O2. The van der Waals surface area contributed by atoms with Crippen LogP contribution in [0.4, 0.5) is 0 Å². The highest BCUT2D eigenvalue weighted by Crippen LogP contribution is 2.35. The van der Waals surface area contributed by atoms with E-state index in [1.54, 1.807) is 7.11 Å². The van der Waals surface area contributed by atoms with Crippen LogP contribution in [0, 0.1) is 5.92 Å². The standard InChI is InChI=1S/C14H30N2O2/c1-4-16(12(2)10-18-3)9-7-13-6-5-8-14(13,15)11-17/h12-13,17H,4-11,15H2,1-3H3. The second-order valence-corrected chi connectivity index (χ2v) is 5.70. The van der Waals surface area contributed by atoms with Gasteiger partial charge in [-0.1, -0.05) is 13.3 Å². The molecule has 0 amide bonds. The smallest absolute Gasteiger partial charge is 0.0615 e. The highest BCUT2D eigenvalue weighted by atomic mass is 16.5. The Balaban J connectivity index is 2.42. The highest BCUT2D eigenvalue weighted by Gasteiger charge is 2.38. The van der Waals surface area contributed by atoms with Gasteiger partial charge in [0.2, 0.25) is 0 Å². The van der Waals surface area contributed by atoms with Crippen LogP contribution < -0.4 is 5.73 Å². The highest BCUT2D eigenvalue weighted by molar-refractivity contribution is 4.96. The van der Waals surface area contributed by atoms with E-state index in [0.29, 0.717) is 12.0 Å². The lowest BCUT2D eigenvalue weighted by molar-refractivity contribution is 0.0902. The Kier molecular flexibility index (Phi) is 6.57. The monoisotopic (exact) mass is 258 g/mol. The molecule has 4 nitrogen and oxygen atoms in total. The van der Waals surface area contributed by atoms with Crippen LogP contribution in [0.25, 0.3) is 0 Å². The first-order valence-corrected chi connectivity index (χ1v) is 7.20. The van der Waals surface area contributed by atoms with Crippen molar-refractivity contribution in [2.24, 2.45) is 11.7 Å². The van der Waals surface area contributed by atoms with E-state index in [4.69, 9.17) is 10.5 Å². The summed E-state index contributed by atoms with van der Waals surface area (Å²) in [5, 5.41) is 9.45. The van der Waals surface area contributed by atoms with Gasteiger partial charge in [0.1, 0.15) is 0 Å². The lowest BCUT2D eigenvalue weighted by Crippen LogP contribution is -2.48. The number of hydrogen-bond donors (Lipinski definition) is 2. The van der Waals surface area contributed by atoms with Crippen LogP contribution >= 0.6 is 0 Å². The summed E-state index contributed by atoms with van der Waals surface area (Å²) >= 11 is 0. The zero-order valence-electron chi connectivity index (χ0n) is 12.2. The summed E-state index contributed by atoms with van der Waals surface area (Å²) in [6, 6.07) is 0.447. The number of aliphatic hydroxyl groups is 1. The van der Waals surface area contributed by atoms with E-state index in [2.05, 4.69) is 18.7 Å². The molecule has 1 rings (SSSR count). The van der Waals surface area contributed by atoms with Crippen LogP contribution in [0.5, 0.6) is 0 Å². The molecule has 4 heteroatoms. The summed E-state index contributed by atoms with van der Waals surface area (Å²) in [6.45, 7) is 7.36. The van der Waals surface area contributed by atoms with Crippen LogP contribution in [0.15, 0.2) is 0 Å². The molecule has 3 N–H and O–H groups in total. The fourth-order valence-corrected chi connectivity index (χ4v) is 3.17. The summed E-state index contributed by atoms with van der Waals surface area (Å²) in [4.78, 5) is 2.43. The van der Waals surface area contributed by atoms with E-state index >= 15 is 0 Å². The maximum atomic E-state index is 9.45. The Hall–Kier alpha value is -0.160. The Morgan fingerprint density at radius 1 is 1.56 bits per heavy atom. The van der Waals surface area contributed by atoms with Gasteiger partial charge in [-0.25, -0.2) is 0 Å². The van der Waals surface area contributed by atoms with Gasteiger partial charge in [-0.2, -0.15) is 0 Å². The number of rotatable bonds is 8. The number of nitrogens with zero attached hydrogens (tertiary/aromatic N) is 1. The molecule has 1 fully saturated rings. The van der Waals surface area contributed by atoms with E-state index in [-0.39, 0.29) is 12.1 Å². The molecule has 0 radical (unpaired) electrons. The van der Waals surface area contributed by atoms with Crippen molar-refractivity contribution in [2.45, 2.75) is 51.1 Å². The molecule has 18 heavy (non-hydrogen) atoms. The fourth-order valence-electron chi connectivity index (χ4n) is 3.17. The SMILES string of the molecule is CCN(CCC1CCCC1(N)CO)C(C)COC. The molecule has 108 valence electrons. The number of nitrogens with two attached hydrogens (primary N) is 1. The second kappa shape index (κ2) is 7.43. The lowest BCUT2D eigenvalue weighted by atomic mass is 9.86. The molecule has 0 saturated heterocycles. The topological polar surface area (TPSA) is 58.7 Å². The zero-order valence-corrected chi connectivity index (χ0v) is 12.2. The fraction of sp³-hybridized carbons (Fsp3) is 1.00. The van der Waals surface area contributed by atoms with Crippen LogP contribution in [-0.2, 0) is 4.74 Å². The molecule has 0 spiro atoms. The normalized spacial score (nSPS) is 30.0. The summed E-state index contributed by atoms with van der Waals surface area (Å²) < 4.78 is 5.21. The van der Waals surface area contributed by atoms with Gasteiger partial charge in [0.05, 0.1) is 13.2 Å². The Labute approximate surface area is 111 Å². The first-order chi connectivity index (χ1) is 8.57. The van der Waals surface area contributed by atoms with E-state index in [9.17, 15) is 5.11 Å². The van der Waals surface area contributed by atoms with Crippen LogP contribution in [0.2, 0.25) is 0 Å². The van der Waals surface area contributed by atoms with Gasteiger partial charge < -0.3 is 15.6 Å². The molecule has 0 aromatic carbocycles. The van der Waals surface area contributed by atoms with Crippen LogP contribution in [-0.4, -0.2) is 55.0 Å². The van der Waals surface area contributed by atoms with Crippen LogP contribution in [0.1, 0.15) is 39.5 Å². The van der Waals surface area contributed by atoms with E-state index in [1.165, 1.54) is 0 Å². The van der Waals surface area contributed by atoms with E-state index in [1.807, 2.05) is 0 Å². The number of aliphatic hydroxyl groups excluding tert-OH is 1. The molecule has 0 aromatic rings. The summed E-state index contributed by atoms with van der Waals surface area (Å²) in [6.07, 6.45) is 4.36. The molecule has 3 unspecified atom stereocenters. The third-order valence-electron chi connectivity index (χ3n) is 4.50. The quantitative estimate of drug-likeness (QED) is 0.687. The minimum atomic E-state index is -0.329. The first kappa shape index (κ1) is 15.9. The predicted molar refractivity (Wildman–Crippen MR) is 74.5 cm³/mol. The Morgan fingerprint density at radius 2 is 2.28 bits per heavy atom. The molecule has 0 bridgehead atoms. The summed E-state index contributed by atoms with van der Waals surface area (Å²) in [5.41, 5.74) is 5.94. The molecular weight excluding hydrogens is 228 g/mol. The van der Waals surface area contributed by atoms with Gasteiger partial charge in [-0.05, 0) is 45.2 Å². The van der Waals surface area contributed by atoms with E-state index < -0.39 is 0 Å². The van der Waals surface area contributed by atoms with Gasteiger partial charge in [-0.3, -0.25) is 4.90 Å². The molecule has 0 heterocycles. The number of hydrogen-bond acceptors (Lipinski definition) is 4. The average molecular weight is 258 g/mol. The van der Waals surface area contributed by atoms with Crippen molar-refractivity contribution in [3.63, 3.8) is 0 Å². The molecule has 0 aliphatic heterocycles. The third kappa shape index (κ3) is 3.92. The maximum absolute atomic E-state index is 9.45. The van der Waals surface area contributed by atoms with Crippen molar-refractivity contribution in [3.05, 3.63) is 0 Å². The number of methoxy groups -OCH3 is 1. The zero-order chi connectivity index (χ0) is 13.6. The Bertz CT molecular complexity index is 238. The van der Waals surface area contributed by atoms with Crippen molar-refractivity contribution < 1.29 is 9.84 Å². The van der Waals surface area contributed by atoms with Crippen molar-refractivity contribution in [1.82, 2.24) is 4.90 Å². The van der Waals surface area contributed by atoms with Crippen molar-refractivity contribution in [3.8, 4) is 0 Å². The van der Waals surface area contributed by atoms with Crippen molar-refractivity contribution in [1.29, 1.82) is 0 Å². The molecule has 1 aliphatic rings. The second-order valence-electron chi connectivity index (χ2n) is 5.70. The third-order valence-corrected chi connectivity index (χ3v) is 4.50. The van der Waals surface area contributed by atoms with Crippen LogP contribution in [0.3, 0.4) is 0 Å². The number of likely N-dealkylation sites (N-methyl/N-ethyl adjacent to an activating group) is 1. The van der Waals surface area contributed by atoms with Gasteiger partial charge in [0.15, 0.2) is 0 Å². The maximum Gasteiger partial charge on any atom is 0.0615 e. The Morgan fingerprint density at radius 3 is 2.83 bits per heavy atom. The molecule has 1 aliphatic carbocycles. The van der Waals surface area contributed by atoms with Gasteiger partial charge in [-0.15, -0.1) is 0 Å². The molecule has 3 atom stereocenters. The molecule has 0 aromatic heterocycles. The minimum absolute atomic E-state index is 0.122.